The van der Waals surface area contributed by atoms with Crippen LogP contribution < -0.4 is 5.32 Å². The highest BCUT2D eigenvalue weighted by atomic mass is 19.1. The van der Waals surface area contributed by atoms with Gasteiger partial charge in [0.2, 0.25) is 5.91 Å². The Bertz CT molecular complexity index is 900. The second kappa shape index (κ2) is 11.9. The number of benzene rings is 2. The molecule has 166 valence electrons. The van der Waals surface area contributed by atoms with E-state index in [-0.39, 0.29) is 43.5 Å². The van der Waals surface area contributed by atoms with E-state index in [1.54, 1.807) is 19.1 Å². The average molecular weight is 436 g/mol. The number of amides is 1. The molecule has 0 radical (unpaired) electrons. The predicted octanol–water partition coefficient (Wildman–Crippen LogP) is 4.00. The van der Waals surface area contributed by atoms with Gasteiger partial charge < -0.3 is 15.2 Å². The van der Waals surface area contributed by atoms with Crippen molar-refractivity contribution in [1.29, 1.82) is 0 Å². The van der Waals surface area contributed by atoms with Crippen molar-refractivity contribution in [2.24, 2.45) is 11.0 Å². The lowest BCUT2D eigenvalue weighted by molar-refractivity contribution is -0.125. The first-order valence-corrected chi connectivity index (χ1v) is 9.55. The minimum Gasteiger partial charge on any atom is -0.393 e. The fourth-order valence-corrected chi connectivity index (χ4v) is 2.87. The van der Waals surface area contributed by atoms with E-state index in [9.17, 15) is 23.1 Å². The van der Waals surface area contributed by atoms with Crippen molar-refractivity contribution in [2.75, 3.05) is 6.61 Å². The number of carbonyl (C=O) groups is 1. The highest BCUT2D eigenvalue weighted by molar-refractivity contribution is 5.78. The zero-order valence-electron chi connectivity index (χ0n) is 16.8. The summed E-state index contributed by atoms with van der Waals surface area (Å²) in [6, 6.07) is 7.64. The van der Waals surface area contributed by atoms with E-state index < -0.39 is 29.7 Å². The van der Waals surface area contributed by atoms with Gasteiger partial charge in [-0.3, -0.25) is 4.79 Å². The molecule has 2 rings (SSSR count). The number of aliphatic hydroxyl groups excluding tert-OH is 1. The third-order valence-corrected chi connectivity index (χ3v) is 4.55. The van der Waals surface area contributed by atoms with Gasteiger partial charge in [0.1, 0.15) is 17.5 Å². The van der Waals surface area contributed by atoms with Crippen LogP contribution in [0.25, 0.3) is 10.4 Å². The van der Waals surface area contributed by atoms with E-state index in [1.807, 2.05) is 0 Å². The molecule has 10 heteroatoms. The Balaban J connectivity index is 1.83. The Morgan fingerprint density at radius 1 is 1.13 bits per heavy atom. The smallest absolute Gasteiger partial charge is 0.223 e. The third kappa shape index (κ3) is 8.29. The van der Waals surface area contributed by atoms with Gasteiger partial charge in [0, 0.05) is 23.4 Å². The summed E-state index contributed by atoms with van der Waals surface area (Å²) in [5, 5.41) is 16.6. The molecule has 2 aromatic rings. The van der Waals surface area contributed by atoms with Gasteiger partial charge in [0.15, 0.2) is 0 Å². The SMILES string of the molecule is C[C@H](C[C@H](O)[C@H](COCc1cc(F)cc(F)c1)N=[N+]=[N-])C(=O)NCc1ccc(F)cc1. The van der Waals surface area contributed by atoms with Crippen molar-refractivity contribution in [1.82, 2.24) is 5.32 Å². The number of azide groups is 1. The average Bonchev–Trinajstić information content (AvgIpc) is 2.71. The van der Waals surface area contributed by atoms with Crippen LogP contribution in [-0.2, 0) is 22.7 Å². The van der Waals surface area contributed by atoms with Crippen LogP contribution in [0.4, 0.5) is 13.2 Å². The Morgan fingerprint density at radius 2 is 1.77 bits per heavy atom. The maximum absolute atomic E-state index is 13.2. The number of hydrogen-bond donors (Lipinski definition) is 2. The summed E-state index contributed by atoms with van der Waals surface area (Å²) in [6.45, 7) is 1.46. The van der Waals surface area contributed by atoms with Gasteiger partial charge in [0.05, 0.1) is 25.4 Å². The number of hydrogen-bond acceptors (Lipinski definition) is 4. The van der Waals surface area contributed by atoms with Crippen LogP contribution in [-0.4, -0.2) is 29.8 Å². The minimum atomic E-state index is -1.17. The quantitative estimate of drug-likeness (QED) is 0.316. The molecule has 0 heterocycles. The minimum absolute atomic E-state index is 0.00308. The van der Waals surface area contributed by atoms with Crippen LogP contribution >= 0.6 is 0 Å². The van der Waals surface area contributed by atoms with E-state index in [4.69, 9.17) is 10.3 Å². The number of halogens is 3. The summed E-state index contributed by atoms with van der Waals surface area (Å²) in [4.78, 5) is 14.9. The van der Waals surface area contributed by atoms with Crippen LogP contribution in [0.2, 0.25) is 0 Å². The first-order valence-electron chi connectivity index (χ1n) is 9.55. The number of nitrogens with one attached hydrogen (secondary N) is 1. The molecule has 0 saturated carbocycles. The van der Waals surface area contributed by atoms with Crippen molar-refractivity contribution in [3.63, 3.8) is 0 Å². The van der Waals surface area contributed by atoms with E-state index in [1.165, 1.54) is 12.1 Å². The molecule has 0 spiro atoms. The molecular formula is C21H23F3N4O3. The fraction of sp³-hybridized carbons (Fsp3) is 0.381. The second-order valence-electron chi connectivity index (χ2n) is 7.11. The first-order chi connectivity index (χ1) is 14.8. The number of rotatable bonds is 11. The van der Waals surface area contributed by atoms with Gasteiger partial charge in [-0.2, -0.15) is 0 Å². The molecule has 0 bridgehead atoms. The van der Waals surface area contributed by atoms with Gasteiger partial charge in [-0.25, -0.2) is 13.2 Å². The number of ether oxygens (including phenoxy) is 1. The van der Waals surface area contributed by atoms with E-state index in [2.05, 4.69) is 15.3 Å². The Hall–Kier alpha value is -3.07. The molecule has 31 heavy (non-hydrogen) atoms. The maximum atomic E-state index is 13.2. The zero-order chi connectivity index (χ0) is 22.8. The summed E-state index contributed by atoms with van der Waals surface area (Å²) in [5.74, 6) is -2.81. The molecule has 0 aromatic heterocycles. The number of carbonyl (C=O) groups excluding carboxylic acids is 1. The van der Waals surface area contributed by atoms with Gasteiger partial charge in [-0.15, -0.1) is 0 Å². The number of aliphatic hydroxyl groups is 1. The largest absolute Gasteiger partial charge is 0.393 e. The van der Waals surface area contributed by atoms with Crippen LogP contribution in [0, 0.1) is 23.4 Å². The lowest BCUT2D eigenvalue weighted by Crippen LogP contribution is -2.35. The van der Waals surface area contributed by atoms with Gasteiger partial charge in [-0.1, -0.05) is 24.2 Å². The van der Waals surface area contributed by atoms with Gasteiger partial charge in [-0.05, 0) is 47.3 Å². The molecule has 0 saturated heterocycles. The second-order valence-corrected chi connectivity index (χ2v) is 7.11. The molecule has 2 N–H and O–H groups in total. The van der Waals surface area contributed by atoms with Gasteiger partial charge >= 0.3 is 0 Å². The van der Waals surface area contributed by atoms with Crippen LogP contribution in [0.1, 0.15) is 24.5 Å². The highest BCUT2D eigenvalue weighted by Gasteiger charge is 2.24. The summed E-state index contributed by atoms with van der Waals surface area (Å²) in [7, 11) is 0. The standard InChI is InChI=1S/C21H23F3N4O3/c1-13(21(30)26-10-14-2-4-16(22)5-3-14)6-20(29)19(27-28-25)12-31-11-15-7-17(23)9-18(24)8-15/h2-5,7-9,13,19-20,29H,6,10-12H2,1H3,(H,26,30)/t13-,19+,20+/m1/s1. The van der Waals surface area contributed by atoms with Crippen LogP contribution in [0.15, 0.2) is 47.6 Å². The summed E-state index contributed by atoms with van der Waals surface area (Å²) in [5.41, 5.74) is 9.70. The first kappa shape index (κ1) is 24.2. The van der Waals surface area contributed by atoms with Crippen molar-refractivity contribution in [2.45, 2.75) is 38.6 Å². The van der Waals surface area contributed by atoms with Crippen molar-refractivity contribution in [3.8, 4) is 0 Å². The Morgan fingerprint density at radius 3 is 2.39 bits per heavy atom. The Labute approximate surface area is 177 Å². The van der Waals surface area contributed by atoms with Crippen molar-refractivity contribution >= 4 is 5.91 Å². The molecule has 0 aliphatic rings. The predicted molar refractivity (Wildman–Crippen MR) is 107 cm³/mol. The normalized spacial score (nSPS) is 13.7. The molecule has 0 aliphatic carbocycles. The van der Waals surface area contributed by atoms with Crippen LogP contribution in [0.5, 0.6) is 0 Å². The monoisotopic (exact) mass is 436 g/mol. The lowest BCUT2D eigenvalue weighted by atomic mass is 9.98. The molecule has 0 aliphatic heterocycles. The van der Waals surface area contributed by atoms with E-state index in [0.717, 1.165) is 23.8 Å². The summed E-state index contributed by atoms with van der Waals surface area (Å²) >= 11 is 0. The molecule has 1 amide bonds. The molecule has 0 unspecified atom stereocenters. The fourth-order valence-electron chi connectivity index (χ4n) is 2.87. The van der Waals surface area contributed by atoms with E-state index >= 15 is 0 Å². The lowest BCUT2D eigenvalue weighted by Gasteiger charge is -2.21. The Kier molecular flexibility index (Phi) is 9.33. The van der Waals surface area contributed by atoms with Gasteiger partial charge in [0.25, 0.3) is 0 Å². The maximum Gasteiger partial charge on any atom is 0.223 e. The molecule has 2 aromatic carbocycles. The summed E-state index contributed by atoms with van der Waals surface area (Å²) in [6.07, 6.45) is -1.18. The molecule has 0 fully saturated rings. The summed E-state index contributed by atoms with van der Waals surface area (Å²) < 4.78 is 44.7. The van der Waals surface area contributed by atoms with Crippen molar-refractivity contribution < 1.29 is 27.8 Å². The zero-order valence-corrected chi connectivity index (χ0v) is 16.8. The molecule has 7 nitrogen and oxygen atoms in total. The van der Waals surface area contributed by atoms with E-state index in [0.29, 0.717) is 0 Å². The van der Waals surface area contributed by atoms with Crippen LogP contribution in [0.3, 0.4) is 0 Å². The molecule has 3 atom stereocenters. The number of nitrogens with zero attached hydrogens (tertiary/aromatic N) is 3. The van der Waals surface area contributed by atoms with Crippen molar-refractivity contribution in [3.05, 3.63) is 81.5 Å². The third-order valence-electron chi connectivity index (χ3n) is 4.55. The topological polar surface area (TPSA) is 107 Å². The molecular weight excluding hydrogens is 413 g/mol. The highest BCUT2D eigenvalue weighted by Crippen LogP contribution is 2.15.